The van der Waals surface area contributed by atoms with Gasteiger partial charge in [0.25, 0.3) is 0 Å². The normalized spacial score (nSPS) is 52.3. The third kappa shape index (κ3) is 2.14. The third-order valence-electron chi connectivity index (χ3n) is 8.87. The van der Waals surface area contributed by atoms with E-state index in [4.69, 9.17) is 4.74 Å². The van der Waals surface area contributed by atoms with Gasteiger partial charge in [0.05, 0.1) is 6.10 Å². The summed E-state index contributed by atoms with van der Waals surface area (Å²) in [7, 11) is 1.91. The van der Waals surface area contributed by atoms with E-state index >= 15 is 0 Å². The third-order valence-corrected chi connectivity index (χ3v) is 8.87. The average molecular weight is 316 g/mol. The Balaban J connectivity index is 1.61. The summed E-state index contributed by atoms with van der Waals surface area (Å²) < 4.78 is 5.88. The SMILES string of the molecule is COC1CC[C@H]2C3CCC4CC(=C=O)CCC4(C)[C@H]3CCC12C. The van der Waals surface area contributed by atoms with Crippen molar-refractivity contribution < 1.29 is 9.53 Å². The van der Waals surface area contributed by atoms with E-state index in [1.807, 2.05) is 7.11 Å². The van der Waals surface area contributed by atoms with Crippen molar-refractivity contribution in [3.63, 3.8) is 0 Å². The van der Waals surface area contributed by atoms with E-state index in [1.165, 1.54) is 44.9 Å². The Morgan fingerprint density at radius 1 is 1.00 bits per heavy atom. The van der Waals surface area contributed by atoms with Gasteiger partial charge in [-0.2, -0.15) is 0 Å². The van der Waals surface area contributed by atoms with Crippen LogP contribution in [0.25, 0.3) is 0 Å². The van der Waals surface area contributed by atoms with Crippen LogP contribution >= 0.6 is 0 Å². The summed E-state index contributed by atoms with van der Waals surface area (Å²) in [5, 5.41) is 0. The summed E-state index contributed by atoms with van der Waals surface area (Å²) >= 11 is 0. The van der Waals surface area contributed by atoms with Gasteiger partial charge in [-0.1, -0.05) is 13.8 Å². The minimum Gasteiger partial charge on any atom is -0.381 e. The van der Waals surface area contributed by atoms with Gasteiger partial charge in [-0.15, -0.1) is 0 Å². The first-order valence-corrected chi connectivity index (χ1v) is 9.78. The van der Waals surface area contributed by atoms with Gasteiger partial charge < -0.3 is 4.74 Å². The number of methoxy groups -OCH3 is 1. The van der Waals surface area contributed by atoms with Crippen molar-refractivity contribution in [2.75, 3.05) is 7.11 Å². The van der Waals surface area contributed by atoms with Gasteiger partial charge >= 0.3 is 0 Å². The first-order valence-electron chi connectivity index (χ1n) is 9.78. The molecule has 2 nitrogen and oxygen atoms in total. The van der Waals surface area contributed by atoms with Crippen molar-refractivity contribution in [2.24, 2.45) is 34.5 Å². The van der Waals surface area contributed by atoms with Crippen molar-refractivity contribution >= 4 is 5.94 Å². The van der Waals surface area contributed by atoms with Crippen molar-refractivity contribution in [3.8, 4) is 0 Å². The largest absolute Gasteiger partial charge is 0.381 e. The van der Waals surface area contributed by atoms with E-state index in [2.05, 4.69) is 19.8 Å². The van der Waals surface area contributed by atoms with Gasteiger partial charge in [-0.3, -0.25) is 0 Å². The van der Waals surface area contributed by atoms with E-state index in [9.17, 15) is 4.79 Å². The Morgan fingerprint density at radius 3 is 2.52 bits per heavy atom. The molecule has 0 aliphatic heterocycles. The van der Waals surface area contributed by atoms with Crippen molar-refractivity contribution in [3.05, 3.63) is 5.57 Å². The smallest absolute Gasteiger partial charge is 0.123 e. The molecule has 0 bridgehead atoms. The maximum Gasteiger partial charge on any atom is 0.123 e. The van der Waals surface area contributed by atoms with Crippen molar-refractivity contribution in [1.82, 2.24) is 0 Å². The lowest BCUT2D eigenvalue weighted by Gasteiger charge is -2.60. The molecule has 4 fully saturated rings. The second-order valence-electron chi connectivity index (χ2n) is 9.41. The van der Waals surface area contributed by atoms with Crippen LogP contribution in [0.5, 0.6) is 0 Å². The molecule has 0 saturated heterocycles. The van der Waals surface area contributed by atoms with E-state index in [-0.39, 0.29) is 0 Å². The van der Waals surface area contributed by atoms with Crippen LogP contribution in [-0.2, 0) is 9.53 Å². The Kier molecular flexibility index (Phi) is 3.78. The fraction of sp³-hybridized carbons (Fsp3) is 0.905. The van der Waals surface area contributed by atoms with Gasteiger partial charge in [0.1, 0.15) is 5.94 Å². The summed E-state index contributed by atoms with van der Waals surface area (Å²) in [6.07, 6.45) is 11.8. The van der Waals surface area contributed by atoms with Crippen LogP contribution < -0.4 is 0 Å². The number of hydrogen-bond acceptors (Lipinski definition) is 2. The van der Waals surface area contributed by atoms with Gasteiger partial charge in [0.2, 0.25) is 0 Å². The van der Waals surface area contributed by atoms with Crippen LogP contribution in [-0.4, -0.2) is 19.2 Å². The lowest BCUT2D eigenvalue weighted by Crippen LogP contribution is -2.53. The minimum atomic E-state index is 0.418. The van der Waals surface area contributed by atoms with Crippen LogP contribution in [0.4, 0.5) is 0 Å². The van der Waals surface area contributed by atoms with Gasteiger partial charge in [0.15, 0.2) is 0 Å². The first kappa shape index (κ1) is 15.9. The van der Waals surface area contributed by atoms with Crippen LogP contribution in [0, 0.1) is 34.5 Å². The molecule has 128 valence electrons. The molecule has 4 aliphatic rings. The molecule has 0 N–H and O–H groups in total. The van der Waals surface area contributed by atoms with E-state index in [0.29, 0.717) is 16.9 Å². The number of carbonyl (C=O) groups excluding carboxylic acids is 1. The summed E-state index contributed by atoms with van der Waals surface area (Å²) in [4.78, 5) is 11.1. The highest BCUT2D eigenvalue weighted by molar-refractivity contribution is 5.53. The molecule has 0 aromatic heterocycles. The second-order valence-corrected chi connectivity index (χ2v) is 9.41. The highest BCUT2D eigenvalue weighted by Gasteiger charge is 2.60. The molecule has 0 radical (unpaired) electrons. The zero-order chi connectivity index (χ0) is 16.2. The molecule has 5 unspecified atom stereocenters. The molecule has 0 heterocycles. The van der Waals surface area contributed by atoms with E-state index in [0.717, 1.165) is 42.1 Å². The average Bonchev–Trinajstić information content (AvgIpc) is 2.90. The monoisotopic (exact) mass is 316 g/mol. The number of rotatable bonds is 1. The molecule has 4 rings (SSSR count). The molecule has 7 atom stereocenters. The molecule has 4 aliphatic carbocycles. The minimum absolute atomic E-state index is 0.418. The predicted molar refractivity (Wildman–Crippen MR) is 91.7 cm³/mol. The molecule has 0 amide bonds. The Hall–Kier alpha value is -0.590. The van der Waals surface area contributed by atoms with E-state index in [1.54, 1.807) is 0 Å². The number of ether oxygens (including phenoxy) is 1. The van der Waals surface area contributed by atoms with Crippen molar-refractivity contribution in [1.29, 1.82) is 0 Å². The molecular formula is C21H32O2. The first-order chi connectivity index (χ1) is 11.0. The summed E-state index contributed by atoms with van der Waals surface area (Å²) in [6, 6.07) is 0. The highest BCUT2D eigenvalue weighted by atomic mass is 16.5. The Bertz CT molecular complexity index is 534. The molecule has 0 spiro atoms. The number of fused-ring (bicyclic) bond motifs is 5. The topological polar surface area (TPSA) is 26.3 Å². The summed E-state index contributed by atoms with van der Waals surface area (Å²) in [5.41, 5.74) is 1.95. The Morgan fingerprint density at radius 2 is 1.78 bits per heavy atom. The standard InChI is InChI=1S/C21H32O2/c1-20-10-8-14(13-22)12-15(20)4-5-16-17-6-7-19(23-3)21(17,2)11-9-18(16)20/h15-19H,4-12H2,1-3H3/t15?,16?,17-,18-,19?,20?,21?/m0/s1. The maximum absolute atomic E-state index is 11.1. The number of hydrogen-bond donors (Lipinski definition) is 0. The van der Waals surface area contributed by atoms with Gasteiger partial charge in [-0.05, 0) is 92.3 Å². The molecule has 23 heavy (non-hydrogen) atoms. The lowest BCUT2D eigenvalue weighted by molar-refractivity contribution is -0.121. The predicted octanol–water partition coefficient (Wildman–Crippen LogP) is 4.80. The molecule has 4 saturated carbocycles. The quantitative estimate of drug-likeness (QED) is 0.649. The molecular weight excluding hydrogens is 284 g/mol. The fourth-order valence-electron chi connectivity index (χ4n) is 7.51. The summed E-state index contributed by atoms with van der Waals surface area (Å²) in [5.74, 6) is 5.61. The van der Waals surface area contributed by atoms with Crippen LogP contribution in [0.3, 0.4) is 0 Å². The second kappa shape index (κ2) is 5.46. The van der Waals surface area contributed by atoms with Gasteiger partial charge in [-0.25, -0.2) is 4.79 Å². The van der Waals surface area contributed by atoms with Gasteiger partial charge in [0, 0.05) is 12.7 Å². The summed E-state index contributed by atoms with van der Waals surface area (Å²) in [6.45, 7) is 5.07. The Labute approximate surface area is 141 Å². The van der Waals surface area contributed by atoms with Crippen LogP contribution in [0.1, 0.15) is 71.6 Å². The zero-order valence-corrected chi connectivity index (χ0v) is 15.1. The number of allylic oxidation sites excluding steroid dienone is 1. The molecule has 2 heteroatoms. The fourth-order valence-corrected chi connectivity index (χ4v) is 7.51. The lowest BCUT2D eigenvalue weighted by atomic mass is 9.45. The molecule has 0 aromatic carbocycles. The van der Waals surface area contributed by atoms with Crippen LogP contribution in [0.15, 0.2) is 5.57 Å². The van der Waals surface area contributed by atoms with Crippen LogP contribution in [0.2, 0.25) is 0 Å². The van der Waals surface area contributed by atoms with Crippen molar-refractivity contribution in [2.45, 2.75) is 77.7 Å². The maximum atomic E-state index is 11.1. The molecule has 0 aromatic rings. The highest BCUT2D eigenvalue weighted by Crippen LogP contribution is 2.66. The zero-order valence-electron chi connectivity index (χ0n) is 15.1. The van der Waals surface area contributed by atoms with E-state index < -0.39 is 0 Å².